The minimum absolute atomic E-state index is 0.571. The molecular formula is C12H22N4S. The molecule has 2 rings (SSSR count). The number of aryl methyl sites for hydroxylation is 2. The van der Waals surface area contributed by atoms with E-state index in [4.69, 9.17) is 5.73 Å². The predicted molar refractivity (Wildman–Crippen MR) is 74.6 cm³/mol. The molecule has 17 heavy (non-hydrogen) atoms. The van der Waals surface area contributed by atoms with Crippen molar-refractivity contribution in [2.45, 2.75) is 37.8 Å². The van der Waals surface area contributed by atoms with Crippen LogP contribution in [0.3, 0.4) is 0 Å². The van der Waals surface area contributed by atoms with Gasteiger partial charge < -0.3 is 10.6 Å². The van der Waals surface area contributed by atoms with Gasteiger partial charge in [0.25, 0.3) is 0 Å². The van der Waals surface area contributed by atoms with E-state index in [9.17, 15) is 0 Å². The first kappa shape index (κ1) is 12.8. The van der Waals surface area contributed by atoms with Crippen molar-refractivity contribution in [2.75, 3.05) is 18.0 Å². The smallest absolute Gasteiger partial charge is 0.131 e. The average Bonchev–Trinajstić information content (AvgIpc) is 2.51. The van der Waals surface area contributed by atoms with E-state index in [-0.39, 0.29) is 0 Å². The van der Waals surface area contributed by atoms with Crippen LogP contribution >= 0.6 is 11.8 Å². The second-order valence-electron chi connectivity index (χ2n) is 4.88. The van der Waals surface area contributed by atoms with E-state index in [0.29, 0.717) is 17.0 Å². The molecule has 1 saturated heterocycles. The molecule has 0 aliphatic carbocycles. The van der Waals surface area contributed by atoms with E-state index < -0.39 is 0 Å². The summed E-state index contributed by atoms with van der Waals surface area (Å²) in [6.45, 7) is 9.36. The van der Waals surface area contributed by atoms with E-state index in [1.54, 1.807) is 0 Å². The summed E-state index contributed by atoms with van der Waals surface area (Å²) < 4.78 is 1.98. The quantitative estimate of drug-likeness (QED) is 0.869. The maximum atomic E-state index is 5.86. The number of thioether (sulfide) groups is 1. The Balaban J connectivity index is 2.32. The molecule has 1 fully saturated rings. The van der Waals surface area contributed by atoms with Gasteiger partial charge in [0.2, 0.25) is 0 Å². The Bertz CT molecular complexity index is 391. The molecule has 2 atom stereocenters. The summed E-state index contributed by atoms with van der Waals surface area (Å²) in [5.41, 5.74) is 8.11. The number of rotatable bonds is 2. The molecule has 2 heterocycles. The van der Waals surface area contributed by atoms with E-state index in [0.717, 1.165) is 18.8 Å². The molecule has 0 amide bonds. The van der Waals surface area contributed by atoms with Gasteiger partial charge in [-0.2, -0.15) is 16.9 Å². The van der Waals surface area contributed by atoms with Crippen LogP contribution < -0.4 is 10.6 Å². The third-order valence-electron chi connectivity index (χ3n) is 3.24. The van der Waals surface area contributed by atoms with Gasteiger partial charge in [-0.05, 0) is 6.92 Å². The molecule has 1 aromatic heterocycles. The van der Waals surface area contributed by atoms with Gasteiger partial charge in [0, 0.05) is 42.7 Å². The molecule has 1 aliphatic rings. The molecule has 0 aromatic carbocycles. The molecule has 2 unspecified atom stereocenters. The second-order valence-corrected chi connectivity index (χ2v) is 6.76. The first-order chi connectivity index (χ1) is 8.02. The van der Waals surface area contributed by atoms with Crippen molar-refractivity contribution in [2.24, 2.45) is 12.8 Å². The standard InChI is InChI=1S/C12H22N4S/c1-8-6-16(7-9(2)17-8)12-11(5-13)10(3)14-15(12)4/h8-9H,5-7,13H2,1-4H3. The minimum Gasteiger partial charge on any atom is -0.354 e. The lowest BCUT2D eigenvalue weighted by Gasteiger charge is -2.36. The van der Waals surface area contributed by atoms with Crippen molar-refractivity contribution < 1.29 is 0 Å². The predicted octanol–water partition coefficient (Wildman–Crippen LogP) is 1.52. The summed E-state index contributed by atoms with van der Waals surface area (Å²) in [4.78, 5) is 2.44. The molecule has 1 aromatic rings. The Morgan fingerprint density at radius 3 is 2.47 bits per heavy atom. The fraction of sp³-hybridized carbons (Fsp3) is 0.750. The van der Waals surface area contributed by atoms with Crippen LogP contribution in [0.4, 0.5) is 5.82 Å². The number of nitrogens with zero attached hydrogens (tertiary/aromatic N) is 3. The Hall–Kier alpha value is -0.680. The molecule has 0 spiro atoms. The molecule has 96 valence electrons. The van der Waals surface area contributed by atoms with Crippen molar-refractivity contribution in [1.29, 1.82) is 0 Å². The summed E-state index contributed by atoms with van der Waals surface area (Å²) >= 11 is 2.06. The van der Waals surface area contributed by atoms with Gasteiger partial charge >= 0.3 is 0 Å². The topological polar surface area (TPSA) is 47.1 Å². The monoisotopic (exact) mass is 254 g/mol. The maximum absolute atomic E-state index is 5.86. The third kappa shape index (κ3) is 2.45. The highest BCUT2D eigenvalue weighted by Crippen LogP contribution is 2.31. The third-order valence-corrected chi connectivity index (χ3v) is 4.46. The van der Waals surface area contributed by atoms with Crippen molar-refractivity contribution in [1.82, 2.24) is 9.78 Å². The lowest BCUT2D eigenvalue weighted by molar-refractivity contribution is 0.667. The first-order valence-corrected chi connectivity index (χ1v) is 7.10. The molecule has 0 saturated carbocycles. The Kier molecular flexibility index (Phi) is 3.68. The fourth-order valence-electron chi connectivity index (χ4n) is 2.68. The lowest BCUT2D eigenvalue weighted by atomic mass is 10.2. The Morgan fingerprint density at radius 1 is 1.35 bits per heavy atom. The van der Waals surface area contributed by atoms with E-state index in [2.05, 4.69) is 35.6 Å². The molecule has 4 nitrogen and oxygen atoms in total. The van der Waals surface area contributed by atoms with E-state index in [1.807, 2.05) is 18.7 Å². The summed E-state index contributed by atoms with van der Waals surface area (Å²) in [6.07, 6.45) is 0. The summed E-state index contributed by atoms with van der Waals surface area (Å²) in [5.74, 6) is 1.21. The van der Waals surface area contributed by atoms with E-state index >= 15 is 0 Å². The molecule has 2 N–H and O–H groups in total. The summed E-state index contributed by atoms with van der Waals surface area (Å²) in [7, 11) is 2.01. The average molecular weight is 254 g/mol. The number of hydrogen-bond donors (Lipinski definition) is 1. The summed E-state index contributed by atoms with van der Waals surface area (Å²) in [5, 5.41) is 5.83. The van der Waals surface area contributed by atoms with Crippen molar-refractivity contribution in [3.05, 3.63) is 11.3 Å². The molecule has 5 heteroatoms. The molecule has 0 radical (unpaired) electrons. The van der Waals surface area contributed by atoms with Gasteiger partial charge in [-0.25, -0.2) is 0 Å². The minimum atomic E-state index is 0.571. The van der Waals surface area contributed by atoms with Crippen molar-refractivity contribution in [3.8, 4) is 0 Å². The van der Waals surface area contributed by atoms with E-state index in [1.165, 1.54) is 11.4 Å². The fourth-order valence-corrected chi connectivity index (χ4v) is 4.00. The highest BCUT2D eigenvalue weighted by atomic mass is 32.2. The van der Waals surface area contributed by atoms with Crippen LogP contribution in [-0.4, -0.2) is 33.4 Å². The zero-order valence-electron chi connectivity index (χ0n) is 11.1. The lowest BCUT2D eigenvalue weighted by Crippen LogP contribution is -2.41. The number of hydrogen-bond acceptors (Lipinski definition) is 4. The number of anilines is 1. The van der Waals surface area contributed by atoms with Gasteiger partial charge in [-0.1, -0.05) is 13.8 Å². The number of nitrogens with two attached hydrogens (primary N) is 1. The zero-order chi connectivity index (χ0) is 12.6. The molecule has 0 bridgehead atoms. The normalized spacial score (nSPS) is 25.4. The van der Waals surface area contributed by atoms with Gasteiger partial charge in [0.1, 0.15) is 5.82 Å². The zero-order valence-corrected chi connectivity index (χ0v) is 11.9. The van der Waals surface area contributed by atoms with Gasteiger partial charge in [0.05, 0.1) is 5.69 Å². The summed E-state index contributed by atoms with van der Waals surface area (Å²) in [6, 6.07) is 0. The van der Waals surface area contributed by atoms with Crippen molar-refractivity contribution >= 4 is 17.6 Å². The Morgan fingerprint density at radius 2 is 1.94 bits per heavy atom. The van der Waals surface area contributed by atoms with Crippen LogP contribution in [0, 0.1) is 6.92 Å². The van der Waals surface area contributed by atoms with Crippen LogP contribution in [0.2, 0.25) is 0 Å². The highest BCUT2D eigenvalue weighted by molar-refractivity contribution is 8.00. The maximum Gasteiger partial charge on any atom is 0.131 e. The largest absolute Gasteiger partial charge is 0.354 e. The molecular weight excluding hydrogens is 232 g/mol. The van der Waals surface area contributed by atoms with Crippen LogP contribution in [0.25, 0.3) is 0 Å². The molecule has 1 aliphatic heterocycles. The number of aromatic nitrogens is 2. The SMILES string of the molecule is Cc1nn(C)c(N2CC(C)SC(C)C2)c1CN. The van der Waals surface area contributed by atoms with Crippen LogP contribution in [0.15, 0.2) is 0 Å². The second kappa shape index (κ2) is 4.90. The van der Waals surface area contributed by atoms with Crippen molar-refractivity contribution in [3.63, 3.8) is 0 Å². The first-order valence-electron chi connectivity index (χ1n) is 6.15. The van der Waals surface area contributed by atoms with Gasteiger partial charge in [-0.3, -0.25) is 4.68 Å². The highest BCUT2D eigenvalue weighted by Gasteiger charge is 2.26. The van der Waals surface area contributed by atoms with Crippen LogP contribution in [0.1, 0.15) is 25.1 Å². The van der Waals surface area contributed by atoms with Crippen LogP contribution in [-0.2, 0) is 13.6 Å². The van der Waals surface area contributed by atoms with Gasteiger partial charge in [0.15, 0.2) is 0 Å². The van der Waals surface area contributed by atoms with Gasteiger partial charge in [-0.15, -0.1) is 0 Å². The van der Waals surface area contributed by atoms with Crippen LogP contribution in [0.5, 0.6) is 0 Å². The Labute approximate surface area is 108 Å².